The fraction of sp³-hybridized carbons (Fsp3) is 0.208. The van der Waals surface area contributed by atoms with Crippen LogP contribution in [0.2, 0.25) is 0 Å². The van der Waals surface area contributed by atoms with Crippen LogP contribution in [-0.4, -0.2) is 17.7 Å². The molecular formula is C24H21F3O3. The average molecular weight is 414 g/mol. The quantitative estimate of drug-likeness (QED) is 0.523. The molecule has 0 amide bonds. The maximum atomic E-state index is 14.5. The molecule has 0 fully saturated rings. The van der Waals surface area contributed by atoms with Crippen molar-refractivity contribution in [1.29, 1.82) is 0 Å². The van der Waals surface area contributed by atoms with Crippen LogP contribution in [0.3, 0.4) is 0 Å². The number of aliphatic carboxylic acids is 1. The van der Waals surface area contributed by atoms with Crippen LogP contribution in [0, 0.1) is 17.5 Å². The Labute approximate surface area is 172 Å². The summed E-state index contributed by atoms with van der Waals surface area (Å²) in [6, 6.07) is 13.2. The van der Waals surface area contributed by atoms with Gasteiger partial charge in [-0.25, -0.2) is 18.0 Å². The molecule has 3 rings (SSSR count). The lowest BCUT2D eigenvalue weighted by molar-refractivity contribution is -0.139. The van der Waals surface area contributed by atoms with Gasteiger partial charge in [0.1, 0.15) is 23.2 Å². The van der Waals surface area contributed by atoms with Gasteiger partial charge >= 0.3 is 5.97 Å². The Morgan fingerprint density at radius 3 is 2.33 bits per heavy atom. The number of ether oxygens (including phenoxy) is 1. The first-order chi connectivity index (χ1) is 14.4. The Balaban J connectivity index is 1.87. The zero-order chi connectivity index (χ0) is 21.7. The number of carbonyl (C=O) groups is 1. The van der Waals surface area contributed by atoms with E-state index in [1.165, 1.54) is 30.3 Å². The van der Waals surface area contributed by atoms with Crippen molar-refractivity contribution in [2.45, 2.75) is 26.2 Å². The molecule has 6 heteroatoms. The largest absolute Gasteiger partial charge is 0.482 e. The number of rotatable bonds is 8. The van der Waals surface area contributed by atoms with Crippen molar-refractivity contribution in [1.82, 2.24) is 0 Å². The Kier molecular flexibility index (Phi) is 6.77. The van der Waals surface area contributed by atoms with Crippen LogP contribution in [0.1, 0.15) is 23.6 Å². The van der Waals surface area contributed by atoms with Crippen LogP contribution < -0.4 is 4.74 Å². The van der Waals surface area contributed by atoms with Crippen LogP contribution in [0.4, 0.5) is 13.2 Å². The standard InChI is InChI=1S/C24H21F3O3/c1-2-19-20(22(27)10-11-23(19)30-14-24(28)29)8-6-17-12-16(7-9-21(17)26)15-4-3-5-18(25)13-15/h3-5,7,9-13H,2,6,8,14H2,1H3,(H,28,29). The minimum atomic E-state index is -1.13. The third-order valence-corrected chi connectivity index (χ3v) is 4.88. The van der Waals surface area contributed by atoms with Gasteiger partial charge in [0.15, 0.2) is 6.61 Å². The van der Waals surface area contributed by atoms with Crippen molar-refractivity contribution in [3.05, 3.63) is 88.7 Å². The minimum absolute atomic E-state index is 0.211. The normalized spacial score (nSPS) is 10.8. The first-order valence-electron chi connectivity index (χ1n) is 9.58. The molecule has 1 N–H and O–H groups in total. The molecule has 0 aromatic heterocycles. The molecule has 0 aliphatic heterocycles. The van der Waals surface area contributed by atoms with Gasteiger partial charge in [-0.15, -0.1) is 0 Å². The summed E-state index contributed by atoms with van der Waals surface area (Å²) in [6.07, 6.45) is 0.873. The summed E-state index contributed by atoms with van der Waals surface area (Å²) in [5, 5.41) is 8.82. The molecule has 0 saturated carbocycles. The fourth-order valence-corrected chi connectivity index (χ4v) is 3.45. The van der Waals surface area contributed by atoms with Crippen LogP contribution >= 0.6 is 0 Å². The molecule has 0 radical (unpaired) electrons. The number of carboxylic acids is 1. The molecule has 30 heavy (non-hydrogen) atoms. The number of halogens is 3. The SMILES string of the molecule is CCc1c(OCC(=O)O)ccc(F)c1CCc1cc(-c2cccc(F)c2)ccc1F. The molecule has 0 saturated heterocycles. The van der Waals surface area contributed by atoms with Gasteiger partial charge in [0.05, 0.1) is 0 Å². The second kappa shape index (κ2) is 9.48. The summed E-state index contributed by atoms with van der Waals surface area (Å²) in [5.74, 6) is -2.07. The lowest BCUT2D eigenvalue weighted by Crippen LogP contribution is -2.12. The first-order valence-corrected chi connectivity index (χ1v) is 9.58. The molecule has 0 heterocycles. The van der Waals surface area contributed by atoms with E-state index in [-0.39, 0.29) is 18.7 Å². The van der Waals surface area contributed by atoms with E-state index in [1.807, 2.05) is 6.92 Å². The molecule has 3 nitrogen and oxygen atoms in total. The highest BCUT2D eigenvalue weighted by Gasteiger charge is 2.16. The van der Waals surface area contributed by atoms with Crippen LogP contribution in [0.15, 0.2) is 54.6 Å². The first kappa shape index (κ1) is 21.4. The highest BCUT2D eigenvalue weighted by Crippen LogP contribution is 2.28. The van der Waals surface area contributed by atoms with Gasteiger partial charge < -0.3 is 9.84 Å². The minimum Gasteiger partial charge on any atom is -0.482 e. The van der Waals surface area contributed by atoms with Gasteiger partial charge in [0, 0.05) is 0 Å². The molecule has 3 aromatic rings. The molecule has 0 aliphatic rings. The van der Waals surface area contributed by atoms with E-state index in [4.69, 9.17) is 9.84 Å². The highest BCUT2D eigenvalue weighted by atomic mass is 19.1. The van der Waals surface area contributed by atoms with Gasteiger partial charge in [-0.2, -0.15) is 0 Å². The van der Waals surface area contributed by atoms with E-state index >= 15 is 0 Å². The number of hydrogen-bond acceptors (Lipinski definition) is 2. The molecule has 0 unspecified atom stereocenters. The number of hydrogen-bond donors (Lipinski definition) is 1. The predicted molar refractivity (Wildman–Crippen MR) is 108 cm³/mol. The number of benzene rings is 3. The average Bonchev–Trinajstić information content (AvgIpc) is 2.72. The molecule has 0 aliphatic carbocycles. The summed E-state index contributed by atoms with van der Waals surface area (Å²) in [7, 11) is 0. The Hall–Kier alpha value is -3.28. The molecule has 3 aromatic carbocycles. The Morgan fingerprint density at radius 2 is 1.63 bits per heavy atom. The van der Waals surface area contributed by atoms with Gasteiger partial charge in [-0.05, 0) is 83.5 Å². The van der Waals surface area contributed by atoms with E-state index in [2.05, 4.69) is 0 Å². The van der Waals surface area contributed by atoms with E-state index in [9.17, 15) is 18.0 Å². The molecule has 156 valence electrons. The van der Waals surface area contributed by atoms with Crippen molar-refractivity contribution in [3.8, 4) is 16.9 Å². The van der Waals surface area contributed by atoms with Crippen molar-refractivity contribution in [2.75, 3.05) is 6.61 Å². The van der Waals surface area contributed by atoms with Crippen LogP contribution in [-0.2, 0) is 24.1 Å². The maximum absolute atomic E-state index is 14.5. The van der Waals surface area contributed by atoms with E-state index in [0.29, 0.717) is 40.0 Å². The summed E-state index contributed by atoms with van der Waals surface area (Å²) >= 11 is 0. The molecule has 0 spiro atoms. The monoisotopic (exact) mass is 414 g/mol. The lowest BCUT2D eigenvalue weighted by Gasteiger charge is -2.15. The summed E-state index contributed by atoms with van der Waals surface area (Å²) in [6.45, 7) is 1.29. The second-order valence-electron chi connectivity index (χ2n) is 6.86. The second-order valence-corrected chi connectivity index (χ2v) is 6.86. The van der Waals surface area contributed by atoms with Gasteiger partial charge in [-0.3, -0.25) is 0 Å². The topological polar surface area (TPSA) is 46.5 Å². The predicted octanol–water partition coefficient (Wildman–Crippen LogP) is 5.58. The van der Waals surface area contributed by atoms with Crippen molar-refractivity contribution in [3.63, 3.8) is 0 Å². The summed E-state index contributed by atoms with van der Waals surface area (Å²) < 4.78 is 47.7. The van der Waals surface area contributed by atoms with Crippen LogP contribution in [0.25, 0.3) is 11.1 Å². The van der Waals surface area contributed by atoms with E-state index < -0.39 is 24.2 Å². The molecule has 0 bridgehead atoms. The van der Waals surface area contributed by atoms with Crippen molar-refractivity contribution in [2.24, 2.45) is 0 Å². The number of aryl methyl sites for hydroxylation is 1. The zero-order valence-corrected chi connectivity index (χ0v) is 16.4. The zero-order valence-electron chi connectivity index (χ0n) is 16.4. The van der Waals surface area contributed by atoms with Crippen molar-refractivity contribution >= 4 is 5.97 Å². The van der Waals surface area contributed by atoms with Crippen molar-refractivity contribution < 1.29 is 27.8 Å². The molecular weight excluding hydrogens is 393 g/mol. The Morgan fingerprint density at radius 1 is 0.900 bits per heavy atom. The van der Waals surface area contributed by atoms with Gasteiger partial charge in [-0.1, -0.05) is 25.1 Å². The third-order valence-electron chi connectivity index (χ3n) is 4.88. The lowest BCUT2D eigenvalue weighted by atomic mass is 9.95. The fourth-order valence-electron chi connectivity index (χ4n) is 3.45. The van der Waals surface area contributed by atoms with E-state index in [1.54, 1.807) is 24.3 Å². The highest BCUT2D eigenvalue weighted by molar-refractivity contribution is 5.68. The summed E-state index contributed by atoms with van der Waals surface area (Å²) in [4.78, 5) is 10.8. The smallest absolute Gasteiger partial charge is 0.341 e. The van der Waals surface area contributed by atoms with Gasteiger partial charge in [0.2, 0.25) is 0 Å². The molecule has 0 atom stereocenters. The number of carboxylic acid groups (broad SMARTS) is 1. The van der Waals surface area contributed by atoms with Crippen LogP contribution in [0.5, 0.6) is 5.75 Å². The maximum Gasteiger partial charge on any atom is 0.341 e. The van der Waals surface area contributed by atoms with E-state index in [0.717, 1.165) is 0 Å². The Bertz CT molecular complexity index is 1060. The van der Waals surface area contributed by atoms with Gasteiger partial charge in [0.25, 0.3) is 0 Å². The summed E-state index contributed by atoms with van der Waals surface area (Å²) in [5.41, 5.74) is 2.62. The third kappa shape index (κ3) is 5.00.